The molecule has 2 atom stereocenters. The van der Waals surface area contributed by atoms with Gasteiger partial charge in [-0.3, -0.25) is 0 Å². The van der Waals surface area contributed by atoms with Gasteiger partial charge in [0.2, 0.25) is 0 Å². The molecule has 2 fully saturated rings. The van der Waals surface area contributed by atoms with Crippen LogP contribution >= 0.6 is 0 Å². The van der Waals surface area contributed by atoms with Crippen molar-refractivity contribution in [3.8, 4) is 0 Å². The highest BCUT2D eigenvalue weighted by atomic mass is 16.4. The van der Waals surface area contributed by atoms with Crippen LogP contribution in [0.2, 0.25) is 0 Å². The third-order valence-corrected chi connectivity index (χ3v) is 5.28. The zero-order valence-electron chi connectivity index (χ0n) is 9.46. The van der Waals surface area contributed by atoms with Gasteiger partial charge in [0.15, 0.2) is 0 Å². The van der Waals surface area contributed by atoms with Crippen LogP contribution in [-0.4, -0.2) is 11.7 Å². The normalized spacial score (nSPS) is 44.9. The Balaban J connectivity index is 2.61. The number of fused-ring (bicyclic) bond motifs is 2. The summed E-state index contributed by atoms with van der Waals surface area (Å²) in [5.74, 6) is 4.41. The van der Waals surface area contributed by atoms with Gasteiger partial charge in [0.1, 0.15) is 0 Å². The van der Waals surface area contributed by atoms with Crippen molar-refractivity contribution in [2.24, 2.45) is 27.2 Å². The Morgan fingerprint density at radius 2 is 2.00 bits per heavy atom. The number of nitrogens with two attached hydrogens (primary N) is 1. The van der Waals surface area contributed by atoms with Crippen LogP contribution in [0.1, 0.15) is 40.0 Å². The average molecular weight is 209 g/mol. The van der Waals surface area contributed by atoms with E-state index >= 15 is 0 Å². The van der Waals surface area contributed by atoms with Crippen LogP contribution in [0.25, 0.3) is 0 Å². The molecule has 0 unspecified atom stereocenters. The van der Waals surface area contributed by atoms with Crippen molar-refractivity contribution in [3.05, 3.63) is 0 Å². The number of rotatable bonds is 1. The fraction of sp³-hybridized carbons (Fsp3) is 0.818. The van der Waals surface area contributed by atoms with E-state index in [4.69, 9.17) is 5.84 Å². The van der Waals surface area contributed by atoms with Gasteiger partial charge in [0.25, 0.3) is 0 Å². The summed E-state index contributed by atoms with van der Waals surface area (Å²) in [6.45, 7) is 6.05. The van der Waals surface area contributed by atoms with Gasteiger partial charge in [-0.15, -0.1) is 0 Å². The fourth-order valence-corrected chi connectivity index (χ4v) is 3.53. The fourth-order valence-electron chi connectivity index (χ4n) is 3.53. The molecular formula is C11H17N2O2-. The van der Waals surface area contributed by atoms with Crippen LogP contribution in [0.15, 0.2) is 5.10 Å². The first-order valence-corrected chi connectivity index (χ1v) is 5.30. The molecule has 4 heteroatoms. The van der Waals surface area contributed by atoms with E-state index in [1.54, 1.807) is 0 Å². The van der Waals surface area contributed by atoms with Gasteiger partial charge < -0.3 is 15.7 Å². The number of carboxylic acids is 1. The Morgan fingerprint density at radius 1 is 1.40 bits per heavy atom. The largest absolute Gasteiger partial charge is 0.550 e. The quantitative estimate of drug-likeness (QED) is 0.497. The molecule has 2 saturated carbocycles. The van der Waals surface area contributed by atoms with Gasteiger partial charge in [0, 0.05) is 22.5 Å². The molecule has 0 aromatic heterocycles. The van der Waals surface area contributed by atoms with E-state index in [9.17, 15) is 9.90 Å². The Morgan fingerprint density at radius 3 is 2.33 bits per heavy atom. The molecule has 2 rings (SSSR count). The Kier molecular flexibility index (Phi) is 1.77. The van der Waals surface area contributed by atoms with Crippen molar-refractivity contribution >= 4 is 11.7 Å². The van der Waals surface area contributed by atoms with Crippen LogP contribution in [-0.2, 0) is 4.79 Å². The molecule has 0 spiro atoms. The number of hydrogen-bond acceptors (Lipinski definition) is 4. The molecule has 2 N–H and O–H groups in total. The molecule has 0 saturated heterocycles. The number of carboxylic acid groups (broad SMARTS) is 1. The molecule has 0 radical (unpaired) electrons. The number of carbonyl (C=O) groups excluding carboxylic acids is 1. The third-order valence-electron chi connectivity index (χ3n) is 5.28. The number of hydrazone groups is 1. The van der Waals surface area contributed by atoms with E-state index < -0.39 is 11.4 Å². The number of hydrogen-bond donors (Lipinski definition) is 1. The standard InChI is InChI=1S/C11H18N2O2/c1-9(2)10(3)4-5-11(9,8(14)15)6-7(10)13-12/h4-6,12H2,1-3H3,(H,14,15)/p-1/b13-7-/t10-,11+/m1/s1. The van der Waals surface area contributed by atoms with E-state index in [0.717, 1.165) is 12.1 Å². The Labute approximate surface area is 89.5 Å². The predicted octanol–water partition coefficient (Wildman–Crippen LogP) is 0.267. The molecule has 0 amide bonds. The van der Waals surface area contributed by atoms with Crippen LogP contribution in [0.3, 0.4) is 0 Å². The Bertz CT molecular complexity index is 362. The average Bonchev–Trinajstić information content (AvgIpc) is 2.46. The topological polar surface area (TPSA) is 78.5 Å². The molecule has 84 valence electrons. The van der Waals surface area contributed by atoms with Gasteiger partial charge in [0.05, 0.1) is 0 Å². The van der Waals surface area contributed by atoms with Gasteiger partial charge >= 0.3 is 0 Å². The maximum absolute atomic E-state index is 11.4. The van der Waals surface area contributed by atoms with Crippen molar-refractivity contribution < 1.29 is 9.90 Å². The van der Waals surface area contributed by atoms with E-state index in [1.165, 1.54) is 0 Å². The minimum Gasteiger partial charge on any atom is -0.550 e. The zero-order valence-corrected chi connectivity index (χ0v) is 9.46. The maximum Gasteiger partial charge on any atom is 0.0485 e. The minimum atomic E-state index is -0.949. The van der Waals surface area contributed by atoms with E-state index in [2.05, 4.69) is 12.0 Å². The van der Waals surface area contributed by atoms with Crippen LogP contribution in [0.4, 0.5) is 0 Å². The smallest absolute Gasteiger partial charge is 0.0485 e. The SMILES string of the molecule is CC1(C)[C@@]2(C(=O)[O-])CC[C@]1(C)/C(=N\N)C2. The molecule has 0 heterocycles. The zero-order chi connectivity index (χ0) is 11.5. The summed E-state index contributed by atoms with van der Waals surface area (Å²) in [6.07, 6.45) is 1.97. The highest BCUT2D eigenvalue weighted by Gasteiger charge is 2.69. The van der Waals surface area contributed by atoms with Gasteiger partial charge in [-0.25, -0.2) is 0 Å². The van der Waals surface area contributed by atoms with E-state index in [0.29, 0.717) is 12.8 Å². The molecule has 15 heavy (non-hydrogen) atoms. The van der Waals surface area contributed by atoms with Crippen molar-refractivity contribution in [1.29, 1.82) is 0 Å². The minimum absolute atomic E-state index is 0.179. The monoisotopic (exact) mass is 209 g/mol. The summed E-state index contributed by atoms with van der Waals surface area (Å²) in [4.78, 5) is 11.4. The van der Waals surface area contributed by atoms with Gasteiger partial charge in [-0.2, -0.15) is 5.10 Å². The lowest BCUT2D eigenvalue weighted by Gasteiger charge is -2.41. The second kappa shape index (κ2) is 2.54. The first-order chi connectivity index (χ1) is 6.82. The summed E-state index contributed by atoms with van der Waals surface area (Å²) in [6, 6.07) is 0. The summed E-state index contributed by atoms with van der Waals surface area (Å²) in [7, 11) is 0. The first kappa shape index (κ1) is 10.5. The molecule has 0 aliphatic heterocycles. The molecule has 2 aliphatic carbocycles. The molecule has 4 nitrogen and oxygen atoms in total. The second-order valence-electron chi connectivity index (χ2n) is 5.58. The molecule has 2 bridgehead atoms. The Hall–Kier alpha value is -1.06. The number of nitrogens with zero attached hydrogens (tertiary/aromatic N) is 1. The van der Waals surface area contributed by atoms with Crippen molar-refractivity contribution in [3.63, 3.8) is 0 Å². The van der Waals surface area contributed by atoms with Crippen molar-refractivity contribution in [2.75, 3.05) is 0 Å². The highest BCUT2D eigenvalue weighted by Crippen LogP contribution is 2.70. The first-order valence-electron chi connectivity index (χ1n) is 5.30. The lowest BCUT2D eigenvalue weighted by atomic mass is 9.65. The van der Waals surface area contributed by atoms with Gasteiger partial charge in [-0.1, -0.05) is 20.8 Å². The van der Waals surface area contributed by atoms with Crippen molar-refractivity contribution in [2.45, 2.75) is 40.0 Å². The highest BCUT2D eigenvalue weighted by molar-refractivity contribution is 6.00. The summed E-state index contributed by atoms with van der Waals surface area (Å²) >= 11 is 0. The molecule has 0 aromatic rings. The van der Waals surface area contributed by atoms with Crippen LogP contribution in [0, 0.1) is 16.2 Å². The van der Waals surface area contributed by atoms with Crippen molar-refractivity contribution in [1.82, 2.24) is 0 Å². The maximum atomic E-state index is 11.4. The lowest BCUT2D eigenvalue weighted by Crippen LogP contribution is -2.47. The summed E-state index contributed by atoms with van der Waals surface area (Å²) < 4.78 is 0. The van der Waals surface area contributed by atoms with E-state index in [-0.39, 0.29) is 10.8 Å². The van der Waals surface area contributed by atoms with E-state index in [1.807, 2.05) is 13.8 Å². The molecule has 2 aliphatic rings. The summed E-state index contributed by atoms with van der Waals surface area (Å²) in [5.41, 5.74) is -0.429. The predicted molar refractivity (Wildman–Crippen MR) is 54.8 cm³/mol. The molecule has 0 aromatic carbocycles. The lowest BCUT2D eigenvalue weighted by molar-refractivity contribution is -0.323. The number of carbonyl (C=O) groups is 1. The molecular weight excluding hydrogens is 192 g/mol. The third kappa shape index (κ3) is 0.840. The van der Waals surface area contributed by atoms with Gasteiger partial charge in [-0.05, 0) is 24.7 Å². The van der Waals surface area contributed by atoms with Crippen LogP contribution in [0.5, 0.6) is 0 Å². The summed E-state index contributed by atoms with van der Waals surface area (Å²) in [5, 5.41) is 15.2. The second-order valence-corrected chi connectivity index (χ2v) is 5.58. The van der Waals surface area contributed by atoms with Crippen LogP contribution < -0.4 is 10.9 Å². The number of aliphatic carboxylic acids is 1.